The Kier molecular flexibility index (Phi) is 6.17. The molecule has 0 fully saturated rings. The van der Waals surface area contributed by atoms with Gasteiger partial charge in [0.05, 0.1) is 25.3 Å². The van der Waals surface area contributed by atoms with Gasteiger partial charge >= 0.3 is 0 Å². The average molecular weight is 257 g/mol. The summed E-state index contributed by atoms with van der Waals surface area (Å²) in [5.41, 5.74) is -0.272. The highest BCUT2D eigenvalue weighted by Crippen LogP contribution is 2.12. The standard InChI is InChI=1S/C11H23N5O2/c1-5-18-11(2,3)9-16-10(13-14-15-16)8-12-6-7-17-4/h12H,5-9H2,1-4H3. The van der Waals surface area contributed by atoms with Crippen LogP contribution in [0.4, 0.5) is 0 Å². The van der Waals surface area contributed by atoms with Crippen LogP contribution < -0.4 is 5.32 Å². The number of nitrogens with zero attached hydrogens (tertiary/aromatic N) is 4. The smallest absolute Gasteiger partial charge is 0.165 e. The molecule has 0 radical (unpaired) electrons. The van der Waals surface area contributed by atoms with E-state index in [1.807, 2.05) is 20.8 Å². The summed E-state index contributed by atoms with van der Waals surface area (Å²) in [4.78, 5) is 0. The van der Waals surface area contributed by atoms with Gasteiger partial charge < -0.3 is 14.8 Å². The molecule has 1 N–H and O–H groups in total. The topological polar surface area (TPSA) is 74.1 Å². The highest BCUT2D eigenvalue weighted by atomic mass is 16.5. The van der Waals surface area contributed by atoms with Crippen LogP contribution in [-0.4, -0.2) is 52.7 Å². The minimum atomic E-state index is -0.272. The molecule has 0 amide bonds. The van der Waals surface area contributed by atoms with Crippen molar-refractivity contribution in [1.29, 1.82) is 0 Å². The molecule has 0 aliphatic carbocycles. The zero-order chi connectivity index (χ0) is 13.4. The highest BCUT2D eigenvalue weighted by Gasteiger charge is 2.21. The Morgan fingerprint density at radius 3 is 2.83 bits per heavy atom. The SMILES string of the molecule is CCOC(C)(C)Cn1nnnc1CNCCOC. The monoisotopic (exact) mass is 257 g/mol. The molecule has 0 saturated carbocycles. The Bertz CT molecular complexity index is 340. The predicted octanol–water partition coefficient (Wildman–Crippen LogP) is 0.224. The van der Waals surface area contributed by atoms with Crippen LogP contribution in [-0.2, 0) is 22.6 Å². The molecule has 7 heteroatoms. The van der Waals surface area contributed by atoms with Crippen molar-refractivity contribution >= 4 is 0 Å². The molecule has 1 aromatic heterocycles. The summed E-state index contributed by atoms with van der Waals surface area (Å²) in [6.45, 7) is 9.42. The van der Waals surface area contributed by atoms with Crippen LogP contribution in [0.15, 0.2) is 0 Å². The van der Waals surface area contributed by atoms with Crippen LogP contribution in [0.1, 0.15) is 26.6 Å². The van der Waals surface area contributed by atoms with Gasteiger partial charge in [0.1, 0.15) is 0 Å². The molecule has 1 heterocycles. The van der Waals surface area contributed by atoms with Crippen molar-refractivity contribution in [2.45, 2.75) is 39.5 Å². The van der Waals surface area contributed by atoms with Gasteiger partial charge in [-0.15, -0.1) is 5.10 Å². The first-order chi connectivity index (χ1) is 8.59. The summed E-state index contributed by atoms with van der Waals surface area (Å²) in [5.74, 6) is 0.805. The Morgan fingerprint density at radius 2 is 2.17 bits per heavy atom. The molecule has 0 atom stereocenters. The number of tetrazole rings is 1. The lowest BCUT2D eigenvalue weighted by Crippen LogP contribution is -2.32. The number of hydrogen-bond acceptors (Lipinski definition) is 6. The van der Waals surface area contributed by atoms with Crippen LogP contribution in [0.5, 0.6) is 0 Å². The third-order valence-corrected chi connectivity index (χ3v) is 2.44. The molecule has 0 aliphatic heterocycles. The summed E-state index contributed by atoms with van der Waals surface area (Å²) in [6, 6.07) is 0. The number of methoxy groups -OCH3 is 1. The van der Waals surface area contributed by atoms with Crippen molar-refractivity contribution in [3.63, 3.8) is 0 Å². The van der Waals surface area contributed by atoms with Crippen molar-refractivity contribution < 1.29 is 9.47 Å². The normalized spacial score (nSPS) is 12.0. The van der Waals surface area contributed by atoms with Crippen molar-refractivity contribution in [3.05, 3.63) is 5.82 Å². The van der Waals surface area contributed by atoms with Gasteiger partial charge in [-0.1, -0.05) is 0 Å². The fourth-order valence-corrected chi connectivity index (χ4v) is 1.64. The summed E-state index contributed by atoms with van der Waals surface area (Å²) in [5, 5.41) is 14.9. The molecule has 0 bridgehead atoms. The maximum atomic E-state index is 5.64. The minimum absolute atomic E-state index is 0.272. The van der Waals surface area contributed by atoms with E-state index in [4.69, 9.17) is 9.47 Å². The predicted molar refractivity (Wildman–Crippen MR) is 67.1 cm³/mol. The minimum Gasteiger partial charge on any atom is -0.383 e. The molecule has 104 valence electrons. The largest absolute Gasteiger partial charge is 0.383 e. The first-order valence-corrected chi connectivity index (χ1v) is 6.17. The first kappa shape index (κ1) is 15.0. The van der Waals surface area contributed by atoms with E-state index in [1.54, 1.807) is 11.8 Å². The number of rotatable bonds is 9. The van der Waals surface area contributed by atoms with Crippen LogP contribution in [0.3, 0.4) is 0 Å². The maximum Gasteiger partial charge on any atom is 0.165 e. The lowest BCUT2D eigenvalue weighted by Gasteiger charge is -2.24. The molecular weight excluding hydrogens is 234 g/mol. The second kappa shape index (κ2) is 7.40. The molecular formula is C11H23N5O2. The quantitative estimate of drug-likeness (QED) is 0.638. The second-order valence-electron chi connectivity index (χ2n) is 4.62. The van der Waals surface area contributed by atoms with E-state index in [0.29, 0.717) is 26.3 Å². The fraction of sp³-hybridized carbons (Fsp3) is 0.909. The Morgan fingerprint density at radius 1 is 1.39 bits per heavy atom. The van der Waals surface area contributed by atoms with Gasteiger partial charge in [-0.25, -0.2) is 4.68 Å². The van der Waals surface area contributed by atoms with E-state index in [1.165, 1.54) is 0 Å². The summed E-state index contributed by atoms with van der Waals surface area (Å²) < 4.78 is 12.4. The van der Waals surface area contributed by atoms with Crippen molar-refractivity contribution in [3.8, 4) is 0 Å². The van der Waals surface area contributed by atoms with Gasteiger partial charge in [0.2, 0.25) is 0 Å². The molecule has 0 unspecified atom stereocenters. The zero-order valence-corrected chi connectivity index (χ0v) is 11.6. The van der Waals surface area contributed by atoms with Crippen LogP contribution >= 0.6 is 0 Å². The van der Waals surface area contributed by atoms with Crippen LogP contribution in [0.25, 0.3) is 0 Å². The lowest BCUT2D eigenvalue weighted by molar-refractivity contribution is -0.0256. The first-order valence-electron chi connectivity index (χ1n) is 6.17. The van der Waals surface area contributed by atoms with E-state index >= 15 is 0 Å². The summed E-state index contributed by atoms with van der Waals surface area (Å²) >= 11 is 0. The molecule has 7 nitrogen and oxygen atoms in total. The van der Waals surface area contributed by atoms with E-state index in [-0.39, 0.29) is 5.60 Å². The van der Waals surface area contributed by atoms with Crippen LogP contribution in [0, 0.1) is 0 Å². The van der Waals surface area contributed by atoms with Crippen molar-refractivity contribution in [2.75, 3.05) is 26.9 Å². The van der Waals surface area contributed by atoms with Gasteiger partial charge in [0.25, 0.3) is 0 Å². The van der Waals surface area contributed by atoms with Gasteiger partial charge in [0.15, 0.2) is 5.82 Å². The molecule has 1 rings (SSSR count). The van der Waals surface area contributed by atoms with E-state index in [0.717, 1.165) is 12.4 Å². The average Bonchev–Trinajstić information content (AvgIpc) is 2.71. The molecule has 0 saturated heterocycles. The third kappa shape index (κ3) is 5.07. The molecule has 0 aliphatic rings. The molecule has 1 aromatic rings. The van der Waals surface area contributed by atoms with Gasteiger partial charge in [-0.05, 0) is 31.2 Å². The van der Waals surface area contributed by atoms with Gasteiger partial charge in [-0.2, -0.15) is 0 Å². The van der Waals surface area contributed by atoms with Crippen LogP contribution in [0.2, 0.25) is 0 Å². The zero-order valence-electron chi connectivity index (χ0n) is 11.6. The van der Waals surface area contributed by atoms with E-state index in [9.17, 15) is 0 Å². The maximum absolute atomic E-state index is 5.64. The highest BCUT2D eigenvalue weighted by molar-refractivity contribution is 4.83. The molecule has 18 heavy (non-hydrogen) atoms. The van der Waals surface area contributed by atoms with Gasteiger partial charge in [0, 0.05) is 20.3 Å². The molecule has 0 aromatic carbocycles. The van der Waals surface area contributed by atoms with Crippen molar-refractivity contribution in [1.82, 2.24) is 25.5 Å². The van der Waals surface area contributed by atoms with E-state index in [2.05, 4.69) is 20.8 Å². The van der Waals surface area contributed by atoms with Gasteiger partial charge in [-0.3, -0.25) is 0 Å². The Balaban J connectivity index is 2.49. The number of hydrogen-bond donors (Lipinski definition) is 1. The fourth-order valence-electron chi connectivity index (χ4n) is 1.64. The third-order valence-electron chi connectivity index (χ3n) is 2.44. The number of aromatic nitrogens is 4. The summed E-state index contributed by atoms with van der Waals surface area (Å²) in [7, 11) is 1.68. The molecule has 0 spiro atoms. The van der Waals surface area contributed by atoms with E-state index < -0.39 is 0 Å². The number of nitrogens with one attached hydrogen (secondary N) is 1. The second-order valence-corrected chi connectivity index (χ2v) is 4.62. The Labute approximate surface area is 108 Å². The Hall–Kier alpha value is -1.05. The number of ether oxygens (including phenoxy) is 2. The summed E-state index contributed by atoms with van der Waals surface area (Å²) in [6.07, 6.45) is 0. The van der Waals surface area contributed by atoms with Crippen molar-refractivity contribution in [2.24, 2.45) is 0 Å². The lowest BCUT2D eigenvalue weighted by atomic mass is 10.1.